The molecule has 1 saturated heterocycles. The summed E-state index contributed by atoms with van der Waals surface area (Å²) in [7, 11) is 1.64. The number of piperidine rings is 1. The van der Waals surface area contributed by atoms with Crippen LogP contribution in [0.15, 0.2) is 60.9 Å². The van der Waals surface area contributed by atoms with Crippen molar-refractivity contribution in [2.75, 3.05) is 25.1 Å². The van der Waals surface area contributed by atoms with E-state index in [0.717, 1.165) is 42.0 Å². The second-order valence-corrected chi connectivity index (χ2v) is 8.34. The van der Waals surface area contributed by atoms with Gasteiger partial charge < -0.3 is 19.7 Å². The zero-order valence-corrected chi connectivity index (χ0v) is 19.3. The molecule has 0 saturated carbocycles. The third-order valence-electron chi connectivity index (χ3n) is 6.01. The number of hydrogen-bond donors (Lipinski definition) is 1. The van der Waals surface area contributed by atoms with Gasteiger partial charge in [0.25, 0.3) is 5.88 Å². The molecular formula is C26H30N4O3. The number of hydrogen-bond acceptors (Lipinski definition) is 6. The average molecular weight is 447 g/mol. The van der Waals surface area contributed by atoms with E-state index >= 15 is 0 Å². The number of rotatable bonds is 7. The number of methoxy groups -OCH3 is 1. The van der Waals surface area contributed by atoms with Gasteiger partial charge in [-0.3, -0.25) is 4.79 Å². The molecule has 4 rings (SSSR count). The monoisotopic (exact) mass is 446 g/mol. The lowest BCUT2D eigenvalue weighted by Gasteiger charge is -2.33. The van der Waals surface area contributed by atoms with E-state index in [2.05, 4.69) is 20.2 Å². The Labute approximate surface area is 194 Å². The van der Waals surface area contributed by atoms with Gasteiger partial charge in [-0.05, 0) is 56.0 Å². The van der Waals surface area contributed by atoms with Gasteiger partial charge in [0.05, 0.1) is 19.1 Å². The van der Waals surface area contributed by atoms with Gasteiger partial charge in [0.15, 0.2) is 5.82 Å². The standard InChI is InChI=1S/C26H30N4O3/c1-18-7-4-5-9-23(18)33-26-24(27-14-15-28-26)30-16-6-8-21(17-30)25(31)29-19(2)20-10-12-22(32-3)13-11-20/h4-5,7,9-15,19,21H,6,8,16-17H2,1-3H3,(H,29,31)/t19-,21-/m1/s1. The van der Waals surface area contributed by atoms with Crippen LogP contribution in [0.1, 0.15) is 36.9 Å². The number of nitrogens with one attached hydrogen (secondary N) is 1. The molecule has 2 heterocycles. The predicted molar refractivity (Wildman–Crippen MR) is 128 cm³/mol. The number of ether oxygens (including phenoxy) is 2. The molecule has 33 heavy (non-hydrogen) atoms. The maximum Gasteiger partial charge on any atom is 0.263 e. The van der Waals surface area contributed by atoms with Crippen molar-refractivity contribution in [1.29, 1.82) is 0 Å². The van der Waals surface area contributed by atoms with Gasteiger partial charge in [0.1, 0.15) is 11.5 Å². The minimum atomic E-state index is -0.132. The highest BCUT2D eigenvalue weighted by molar-refractivity contribution is 5.80. The number of anilines is 1. The van der Waals surface area contributed by atoms with Crippen molar-refractivity contribution < 1.29 is 14.3 Å². The summed E-state index contributed by atoms with van der Waals surface area (Å²) in [5, 5.41) is 3.16. The molecule has 7 nitrogen and oxygen atoms in total. The van der Waals surface area contributed by atoms with Gasteiger partial charge in [0, 0.05) is 25.5 Å². The average Bonchev–Trinajstić information content (AvgIpc) is 2.86. The van der Waals surface area contributed by atoms with Gasteiger partial charge in [-0.1, -0.05) is 30.3 Å². The lowest BCUT2D eigenvalue weighted by Crippen LogP contribution is -2.44. The molecule has 172 valence electrons. The van der Waals surface area contributed by atoms with Crippen molar-refractivity contribution in [3.05, 3.63) is 72.1 Å². The molecule has 0 spiro atoms. The van der Waals surface area contributed by atoms with Gasteiger partial charge in [-0.15, -0.1) is 0 Å². The van der Waals surface area contributed by atoms with Crippen LogP contribution in [-0.2, 0) is 4.79 Å². The maximum atomic E-state index is 13.1. The lowest BCUT2D eigenvalue weighted by atomic mass is 9.96. The second kappa shape index (κ2) is 10.3. The highest BCUT2D eigenvalue weighted by Crippen LogP contribution is 2.32. The summed E-state index contributed by atoms with van der Waals surface area (Å²) in [6.45, 7) is 5.37. The molecule has 1 aliphatic rings. The number of carbonyl (C=O) groups excluding carboxylic acids is 1. The van der Waals surface area contributed by atoms with E-state index in [-0.39, 0.29) is 17.9 Å². The van der Waals surface area contributed by atoms with Crippen molar-refractivity contribution in [1.82, 2.24) is 15.3 Å². The van der Waals surface area contributed by atoms with Crippen LogP contribution < -0.4 is 19.7 Å². The first-order valence-electron chi connectivity index (χ1n) is 11.3. The first-order chi connectivity index (χ1) is 16.0. The van der Waals surface area contributed by atoms with Gasteiger partial charge in [-0.25, -0.2) is 9.97 Å². The van der Waals surface area contributed by atoms with Crippen LogP contribution in [0, 0.1) is 12.8 Å². The SMILES string of the molecule is COc1ccc([C@@H](C)NC(=O)[C@@H]2CCCN(c3nccnc3Oc3ccccc3C)C2)cc1. The van der Waals surface area contributed by atoms with Crippen molar-refractivity contribution in [2.45, 2.75) is 32.7 Å². The molecule has 2 aromatic carbocycles. The molecule has 0 unspecified atom stereocenters. The summed E-state index contributed by atoms with van der Waals surface area (Å²) in [6, 6.07) is 15.5. The van der Waals surface area contributed by atoms with Crippen molar-refractivity contribution in [3.63, 3.8) is 0 Å². The molecule has 1 N–H and O–H groups in total. The fraction of sp³-hybridized carbons (Fsp3) is 0.346. The third kappa shape index (κ3) is 5.42. The van der Waals surface area contributed by atoms with Crippen LogP contribution >= 0.6 is 0 Å². The molecular weight excluding hydrogens is 416 g/mol. The number of benzene rings is 2. The minimum absolute atomic E-state index is 0.0493. The molecule has 3 aromatic rings. The van der Waals surface area contributed by atoms with Gasteiger partial charge >= 0.3 is 0 Å². The largest absolute Gasteiger partial charge is 0.497 e. The normalized spacial score (nSPS) is 16.7. The predicted octanol–water partition coefficient (Wildman–Crippen LogP) is 4.68. The Morgan fingerprint density at radius 1 is 1.12 bits per heavy atom. The Bertz CT molecular complexity index is 1090. The molecule has 7 heteroatoms. The van der Waals surface area contributed by atoms with E-state index in [4.69, 9.17) is 9.47 Å². The van der Waals surface area contributed by atoms with Crippen LogP contribution in [0.4, 0.5) is 5.82 Å². The van der Waals surface area contributed by atoms with E-state index in [0.29, 0.717) is 18.2 Å². The smallest absolute Gasteiger partial charge is 0.263 e. The summed E-state index contributed by atoms with van der Waals surface area (Å²) < 4.78 is 11.3. The highest BCUT2D eigenvalue weighted by atomic mass is 16.5. The minimum Gasteiger partial charge on any atom is -0.497 e. The Morgan fingerprint density at radius 2 is 1.88 bits per heavy atom. The lowest BCUT2D eigenvalue weighted by molar-refractivity contribution is -0.125. The second-order valence-electron chi connectivity index (χ2n) is 8.34. The number of aryl methyl sites for hydroxylation is 1. The van der Waals surface area contributed by atoms with E-state index in [1.807, 2.05) is 62.4 Å². The fourth-order valence-electron chi connectivity index (χ4n) is 4.07. The molecule has 1 aliphatic heterocycles. The Hall–Kier alpha value is -3.61. The van der Waals surface area contributed by atoms with E-state index in [1.165, 1.54) is 0 Å². The summed E-state index contributed by atoms with van der Waals surface area (Å²) in [4.78, 5) is 24.1. The quantitative estimate of drug-likeness (QED) is 0.568. The van der Waals surface area contributed by atoms with E-state index < -0.39 is 0 Å². The number of carbonyl (C=O) groups is 1. The van der Waals surface area contributed by atoms with Crippen LogP contribution in [-0.4, -0.2) is 36.1 Å². The number of aromatic nitrogens is 2. The molecule has 0 aliphatic carbocycles. The molecule has 1 amide bonds. The third-order valence-corrected chi connectivity index (χ3v) is 6.01. The Balaban J connectivity index is 1.44. The Morgan fingerprint density at radius 3 is 2.64 bits per heavy atom. The summed E-state index contributed by atoms with van der Waals surface area (Å²) in [6.07, 6.45) is 5.03. The van der Waals surface area contributed by atoms with Crippen molar-refractivity contribution >= 4 is 11.7 Å². The van der Waals surface area contributed by atoms with Crippen molar-refractivity contribution in [2.24, 2.45) is 5.92 Å². The van der Waals surface area contributed by atoms with Crippen LogP contribution in [0.2, 0.25) is 0 Å². The van der Waals surface area contributed by atoms with E-state index in [1.54, 1.807) is 19.5 Å². The number of amides is 1. The molecule has 1 fully saturated rings. The summed E-state index contributed by atoms with van der Waals surface area (Å²) >= 11 is 0. The molecule has 0 bridgehead atoms. The number of nitrogens with zero attached hydrogens (tertiary/aromatic N) is 3. The molecule has 2 atom stereocenters. The first-order valence-corrected chi connectivity index (χ1v) is 11.3. The zero-order valence-electron chi connectivity index (χ0n) is 19.3. The Kier molecular flexibility index (Phi) is 7.07. The van der Waals surface area contributed by atoms with Gasteiger partial charge in [-0.2, -0.15) is 0 Å². The maximum absolute atomic E-state index is 13.1. The zero-order chi connectivity index (χ0) is 23.2. The topological polar surface area (TPSA) is 76.6 Å². The molecule has 1 aromatic heterocycles. The summed E-state index contributed by atoms with van der Waals surface area (Å²) in [5.74, 6) is 2.59. The van der Waals surface area contributed by atoms with Crippen molar-refractivity contribution in [3.8, 4) is 17.4 Å². The van der Waals surface area contributed by atoms with Gasteiger partial charge in [0.2, 0.25) is 5.91 Å². The van der Waals surface area contributed by atoms with Crippen LogP contribution in [0.5, 0.6) is 17.4 Å². The number of para-hydroxylation sites is 1. The van der Waals surface area contributed by atoms with E-state index in [9.17, 15) is 4.79 Å². The highest BCUT2D eigenvalue weighted by Gasteiger charge is 2.29. The first kappa shape index (κ1) is 22.6. The summed E-state index contributed by atoms with van der Waals surface area (Å²) in [5.41, 5.74) is 2.07. The fourth-order valence-corrected chi connectivity index (χ4v) is 4.07. The van der Waals surface area contributed by atoms with Crippen LogP contribution in [0.25, 0.3) is 0 Å². The van der Waals surface area contributed by atoms with Crippen LogP contribution in [0.3, 0.4) is 0 Å². The molecule has 0 radical (unpaired) electrons.